The molecular weight excluding hydrogens is 534 g/mol. The fraction of sp³-hybridized carbons (Fsp3) is 0.310. The standard InChI is InChI=1S/C29H35N3O5S2/c1-5-37-27-14-10-9-13-26(27)32(39(35,36)25-17-15-24(38-4)16-18-25)21-28(33)31(22(2)29(34)30-3)20-19-23-11-7-6-8-12-23/h6-18,22H,5,19-21H2,1-4H3,(H,30,34). The first-order valence-electron chi connectivity index (χ1n) is 12.7. The number of thioether (sulfide) groups is 1. The summed E-state index contributed by atoms with van der Waals surface area (Å²) in [6, 6.07) is 22.0. The Balaban J connectivity index is 2.03. The average Bonchev–Trinajstić information content (AvgIpc) is 2.96. The van der Waals surface area contributed by atoms with Crippen molar-refractivity contribution in [1.29, 1.82) is 0 Å². The Hall–Kier alpha value is -3.50. The number of anilines is 1. The van der Waals surface area contributed by atoms with Crippen LogP contribution in [0.25, 0.3) is 0 Å². The number of ether oxygens (including phenoxy) is 1. The molecule has 1 N–H and O–H groups in total. The molecule has 10 heteroatoms. The molecule has 0 radical (unpaired) electrons. The summed E-state index contributed by atoms with van der Waals surface area (Å²) in [5, 5.41) is 2.59. The number of benzene rings is 3. The number of sulfonamides is 1. The number of carbonyl (C=O) groups excluding carboxylic acids is 2. The lowest BCUT2D eigenvalue weighted by Gasteiger charge is -2.32. The lowest BCUT2D eigenvalue weighted by atomic mass is 10.1. The first-order chi connectivity index (χ1) is 18.7. The molecule has 0 saturated carbocycles. The predicted molar refractivity (Wildman–Crippen MR) is 156 cm³/mol. The first-order valence-corrected chi connectivity index (χ1v) is 15.3. The van der Waals surface area contributed by atoms with Crippen LogP contribution in [0, 0.1) is 0 Å². The van der Waals surface area contributed by atoms with Crippen molar-refractivity contribution in [3.8, 4) is 5.75 Å². The van der Waals surface area contributed by atoms with Gasteiger partial charge in [0.05, 0.1) is 17.2 Å². The van der Waals surface area contributed by atoms with Crippen molar-refractivity contribution in [2.45, 2.75) is 36.1 Å². The molecule has 39 heavy (non-hydrogen) atoms. The Morgan fingerprint density at radius 3 is 2.23 bits per heavy atom. The van der Waals surface area contributed by atoms with Gasteiger partial charge in [-0.3, -0.25) is 13.9 Å². The van der Waals surface area contributed by atoms with E-state index in [2.05, 4.69) is 5.32 Å². The zero-order chi connectivity index (χ0) is 28.4. The molecule has 3 aromatic rings. The topological polar surface area (TPSA) is 96.0 Å². The molecule has 3 rings (SSSR count). The molecule has 0 fully saturated rings. The number of rotatable bonds is 13. The van der Waals surface area contributed by atoms with E-state index < -0.39 is 28.5 Å². The summed E-state index contributed by atoms with van der Waals surface area (Å²) in [6.07, 6.45) is 2.41. The van der Waals surface area contributed by atoms with E-state index in [1.807, 2.05) is 36.6 Å². The molecule has 0 aromatic heterocycles. The molecular formula is C29H35N3O5S2. The van der Waals surface area contributed by atoms with Crippen LogP contribution in [-0.4, -0.2) is 64.2 Å². The number of amides is 2. The summed E-state index contributed by atoms with van der Waals surface area (Å²) < 4.78 is 34.8. The molecule has 3 aromatic carbocycles. The summed E-state index contributed by atoms with van der Waals surface area (Å²) >= 11 is 1.50. The Kier molecular flexibility index (Phi) is 10.8. The van der Waals surface area contributed by atoms with Gasteiger partial charge in [-0.05, 0) is 68.5 Å². The molecule has 208 valence electrons. The van der Waals surface area contributed by atoms with E-state index >= 15 is 0 Å². The van der Waals surface area contributed by atoms with Crippen LogP contribution >= 0.6 is 11.8 Å². The number of hydrogen-bond donors (Lipinski definition) is 1. The summed E-state index contributed by atoms with van der Waals surface area (Å²) in [5.41, 5.74) is 1.25. The van der Waals surface area contributed by atoms with Crippen molar-refractivity contribution in [3.63, 3.8) is 0 Å². The maximum absolute atomic E-state index is 14.0. The maximum atomic E-state index is 14.0. The van der Waals surface area contributed by atoms with Crippen LogP contribution in [-0.2, 0) is 26.0 Å². The largest absolute Gasteiger partial charge is 0.492 e. The Bertz CT molecular complexity index is 1350. The zero-order valence-corrected chi connectivity index (χ0v) is 24.3. The van der Waals surface area contributed by atoms with E-state index in [1.54, 1.807) is 50.2 Å². The molecule has 2 amide bonds. The highest BCUT2D eigenvalue weighted by Crippen LogP contribution is 2.33. The van der Waals surface area contributed by atoms with Gasteiger partial charge < -0.3 is 15.0 Å². The third kappa shape index (κ3) is 7.54. The predicted octanol–water partition coefficient (Wildman–Crippen LogP) is 4.21. The third-order valence-electron chi connectivity index (χ3n) is 6.26. The number of nitrogens with zero attached hydrogens (tertiary/aromatic N) is 2. The number of para-hydroxylation sites is 2. The number of carbonyl (C=O) groups is 2. The van der Waals surface area contributed by atoms with Crippen LogP contribution in [0.1, 0.15) is 19.4 Å². The second-order valence-corrected chi connectivity index (χ2v) is 11.4. The molecule has 0 aliphatic heterocycles. The van der Waals surface area contributed by atoms with Crippen LogP contribution in [0.5, 0.6) is 5.75 Å². The smallest absolute Gasteiger partial charge is 0.264 e. The van der Waals surface area contributed by atoms with Gasteiger partial charge in [0.2, 0.25) is 11.8 Å². The molecule has 0 saturated heterocycles. The van der Waals surface area contributed by atoms with Gasteiger partial charge in [0, 0.05) is 18.5 Å². The Labute approximate surface area is 235 Å². The zero-order valence-electron chi connectivity index (χ0n) is 22.7. The van der Waals surface area contributed by atoms with E-state index in [9.17, 15) is 18.0 Å². The van der Waals surface area contributed by atoms with Crippen molar-refractivity contribution in [3.05, 3.63) is 84.4 Å². The second-order valence-electron chi connectivity index (χ2n) is 8.70. The molecule has 0 bridgehead atoms. The average molecular weight is 570 g/mol. The minimum atomic E-state index is -4.17. The molecule has 1 atom stereocenters. The van der Waals surface area contributed by atoms with Crippen LogP contribution in [0.4, 0.5) is 5.69 Å². The van der Waals surface area contributed by atoms with Crippen molar-refractivity contribution in [1.82, 2.24) is 10.2 Å². The quantitative estimate of drug-likeness (QED) is 0.310. The monoisotopic (exact) mass is 569 g/mol. The first kappa shape index (κ1) is 30.0. The number of hydrogen-bond acceptors (Lipinski definition) is 6. The van der Waals surface area contributed by atoms with Gasteiger partial charge in [-0.1, -0.05) is 42.5 Å². The van der Waals surface area contributed by atoms with Gasteiger partial charge in [-0.25, -0.2) is 8.42 Å². The highest BCUT2D eigenvalue weighted by molar-refractivity contribution is 7.98. The SMILES string of the molecule is CCOc1ccccc1N(CC(=O)N(CCc1ccccc1)C(C)C(=O)NC)S(=O)(=O)c1ccc(SC)cc1. The van der Waals surface area contributed by atoms with Crippen molar-refractivity contribution >= 4 is 39.3 Å². The van der Waals surface area contributed by atoms with Crippen molar-refractivity contribution in [2.24, 2.45) is 0 Å². The molecule has 1 unspecified atom stereocenters. The molecule has 0 heterocycles. The van der Waals surface area contributed by atoms with E-state index in [1.165, 1.54) is 35.8 Å². The molecule has 0 aliphatic carbocycles. The summed E-state index contributed by atoms with van der Waals surface area (Å²) in [6.45, 7) is 3.49. The van der Waals surface area contributed by atoms with Gasteiger partial charge in [-0.15, -0.1) is 11.8 Å². The van der Waals surface area contributed by atoms with Crippen molar-refractivity contribution in [2.75, 3.05) is 37.3 Å². The molecule has 0 spiro atoms. The van der Waals surface area contributed by atoms with Crippen LogP contribution < -0.4 is 14.4 Å². The summed E-state index contributed by atoms with van der Waals surface area (Å²) in [5.74, 6) is -0.502. The minimum Gasteiger partial charge on any atom is -0.492 e. The van der Waals surface area contributed by atoms with E-state index in [-0.39, 0.29) is 23.0 Å². The lowest BCUT2D eigenvalue weighted by molar-refractivity contribution is -0.138. The highest BCUT2D eigenvalue weighted by atomic mass is 32.2. The molecule has 8 nitrogen and oxygen atoms in total. The van der Waals surface area contributed by atoms with Gasteiger partial charge in [0.1, 0.15) is 18.3 Å². The van der Waals surface area contributed by atoms with Gasteiger partial charge in [0.25, 0.3) is 10.0 Å². The molecule has 0 aliphatic rings. The third-order valence-corrected chi connectivity index (χ3v) is 8.78. The fourth-order valence-electron chi connectivity index (χ4n) is 4.11. The van der Waals surface area contributed by atoms with E-state index in [4.69, 9.17) is 4.74 Å². The van der Waals surface area contributed by atoms with Crippen molar-refractivity contribution < 1.29 is 22.7 Å². The van der Waals surface area contributed by atoms with Gasteiger partial charge >= 0.3 is 0 Å². The normalized spacial score (nSPS) is 11.9. The maximum Gasteiger partial charge on any atom is 0.264 e. The van der Waals surface area contributed by atoms with Gasteiger partial charge in [-0.2, -0.15) is 0 Å². The second kappa shape index (κ2) is 14.0. The number of nitrogens with one attached hydrogen (secondary N) is 1. The van der Waals surface area contributed by atoms with E-state index in [0.717, 1.165) is 14.8 Å². The minimum absolute atomic E-state index is 0.0505. The lowest BCUT2D eigenvalue weighted by Crippen LogP contribution is -2.51. The highest BCUT2D eigenvalue weighted by Gasteiger charge is 2.33. The van der Waals surface area contributed by atoms with Gasteiger partial charge in [0.15, 0.2) is 0 Å². The van der Waals surface area contributed by atoms with Crippen LogP contribution in [0.15, 0.2) is 88.7 Å². The van der Waals surface area contributed by atoms with E-state index in [0.29, 0.717) is 18.8 Å². The Morgan fingerprint density at radius 1 is 0.974 bits per heavy atom. The Morgan fingerprint density at radius 2 is 1.62 bits per heavy atom. The summed E-state index contributed by atoms with van der Waals surface area (Å²) in [4.78, 5) is 28.8. The fourth-order valence-corrected chi connectivity index (χ4v) is 5.94. The number of likely N-dealkylation sites (N-methyl/N-ethyl adjacent to an activating group) is 1. The summed E-state index contributed by atoms with van der Waals surface area (Å²) in [7, 11) is -2.67. The van der Waals surface area contributed by atoms with Crippen LogP contribution in [0.3, 0.4) is 0 Å². The van der Waals surface area contributed by atoms with Crippen LogP contribution in [0.2, 0.25) is 0 Å².